The van der Waals surface area contributed by atoms with Crippen molar-refractivity contribution in [2.24, 2.45) is 0 Å². The van der Waals surface area contributed by atoms with Gasteiger partial charge in [0.2, 0.25) is 10.0 Å². The van der Waals surface area contributed by atoms with Gasteiger partial charge >= 0.3 is 0 Å². The molecule has 176 valence electrons. The Kier molecular flexibility index (Phi) is 5.58. The fourth-order valence-electron chi connectivity index (χ4n) is 3.54. The first-order valence-electron chi connectivity index (χ1n) is 10.6. The third-order valence-corrected chi connectivity index (χ3v) is 6.49. The van der Waals surface area contributed by atoms with Gasteiger partial charge in [-0.1, -0.05) is 18.2 Å². The van der Waals surface area contributed by atoms with Gasteiger partial charge in [-0.05, 0) is 74.3 Å². The topological polar surface area (TPSA) is 129 Å². The number of anilines is 1. The molecule has 1 N–H and O–H groups in total. The maximum absolute atomic E-state index is 13.2. The molecule has 0 aliphatic rings. The van der Waals surface area contributed by atoms with E-state index >= 15 is 0 Å². The number of nitrogens with zero attached hydrogens (tertiary/aromatic N) is 3. The van der Waals surface area contributed by atoms with Gasteiger partial charge in [-0.2, -0.15) is 0 Å². The fraction of sp³-hybridized carbons (Fsp3) is 0.0800. The van der Waals surface area contributed by atoms with Crippen LogP contribution in [0.1, 0.15) is 21.9 Å². The highest BCUT2D eigenvalue weighted by molar-refractivity contribution is 7.94. The molecule has 0 saturated carbocycles. The Balaban J connectivity index is 1.41. The van der Waals surface area contributed by atoms with E-state index in [1.165, 1.54) is 30.3 Å². The summed E-state index contributed by atoms with van der Waals surface area (Å²) < 4.78 is 39.3. The minimum Gasteiger partial charge on any atom is -0.460 e. The second-order valence-corrected chi connectivity index (χ2v) is 9.43. The lowest BCUT2D eigenvalue weighted by molar-refractivity contribution is 0.102. The summed E-state index contributed by atoms with van der Waals surface area (Å²) >= 11 is 0. The number of nitrogens with one attached hydrogen (secondary N) is 1. The van der Waals surface area contributed by atoms with E-state index < -0.39 is 10.0 Å². The van der Waals surface area contributed by atoms with Crippen LogP contribution in [0.2, 0.25) is 0 Å². The molecule has 0 bridgehead atoms. The lowest BCUT2D eigenvalue weighted by Gasteiger charge is -2.13. The Bertz CT molecular complexity index is 1650. The first kappa shape index (κ1) is 22.4. The van der Waals surface area contributed by atoms with Gasteiger partial charge in [0, 0.05) is 11.1 Å². The summed E-state index contributed by atoms with van der Waals surface area (Å²) in [4.78, 5) is 17.8. The number of aromatic nitrogens is 2. The van der Waals surface area contributed by atoms with Gasteiger partial charge in [-0.25, -0.2) is 13.4 Å². The summed E-state index contributed by atoms with van der Waals surface area (Å²) in [5.41, 5.74) is 2.01. The average molecular weight is 488 g/mol. The standard InChI is InChI=1S/C25H20N4O5S/c1-15-7-12-23(33-15)22-14-20(19-5-3-4-6-21(19)27-22)25(30)26-17-8-10-18(11-9-17)35(31,32)29-24-13-16(2)34-28-24/h3-14H,1-2H3,(H2,26,28,29,30)/p-1. The van der Waals surface area contributed by atoms with Crippen LogP contribution >= 0.6 is 0 Å². The van der Waals surface area contributed by atoms with Gasteiger partial charge in [0.1, 0.15) is 17.2 Å². The number of carbonyl (C=O) groups excluding carboxylic acids is 1. The molecule has 0 spiro atoms. The zero-order valence-corrected chi connectivity index (χ0v) is 19.5. The van der Waals surface area contributed by atoms with Crippen LogP contribution in [0.15, 0.2) is 86.6 Å². The molecule has 3 aromatic heterocycles. The van der Waals surface area contributed by atoms with Crippen molar-refractivity contribution in [1.82, 2.24) is 10.1 Å². The van der Waals surface area contributed by atoms with E-state index in [0.717, 1.165) is 5.76 Å². The third kappa shape index (κ3) is 4.64. The highest BCUT2D eigenvalue weighted by Gasteiger charge is 2.16. The number of carbonyl (C=O) groups is 1. The number of sulfonamides is 1. The summed E-state index contributed by atoms with van der Waals surface area (Å²) in [7, 11) is -3.99. The van der Waals surface area contributed by atoms with E-state index in [2.05, 4.69) is 20.2 Å². The van der Waals surface area contributed by atoms with Gasteiger partial charge < -0.3 is 19.0 Å². The van der Waals surface area contributed by atoms with Gasteiger partial charge in [-0.15, -0.1) is 0 Å². The van der Waals surface area contributed by atoms with Gasteiger partial charge in [-0.3, -0.25) is 9.95 Å². The lowest BCUT2D eigenvalue weighted by atomic mass is 10.1. The van der Waals surface area contributed by atoms with Crippen LogP contribution in [0.4, 0.5) is 11.5 Å². The fourth-order valence-corrected chi connectivity index (χ4v) is 4.46. The smallest absolute Gasteiger partial charge is 0.256 e. The monoisotopic (exact) mass is 487 g/mol. The largest absolute Gasteiger partial charge is 0.460 e. The van der Waals surface area contributed by atoms with E-state index in [0.29, 0.717) is 39.4 Å². The van der Waals surface area contributed by atoms with E-state index in [-0.39, 0.29) is 16.6 Å². The van der Waals surface area contributed by atoms with Crippen LogP contribution in [0.3, 0.4) is 0 Å². The molecule has 10 heteroatoms. The molecule has 3 heterocycles. The highest BCUT2D eigenvalue weighted by atomic mass is 32.2. The molecule has 5 aromatic rings. The predicted octanol–water partition coefficient (Wildman–Crippen LogP) is 5.75. The summed E-state index contributed by atoms with van der Waals surface area (Å²) in [5, 5.41) is 7.08. The number of hydrogen-bond acceptors (Lipinski definition) is 7. The summed E-state index contributed by atoms with van der Waals surface area (Å²) in [6.07, 6.45) is 0. The molecule has 5 rings (SSSR count). The SMILES string of the molecule is Cc1cc([N-]S(=O)(=O)c2ccc(NC(=O)c3cc(-c4ccc(C)o4)nc4ccccc34)cc2)no1. The molecule has 0 fully saturated rings. The van der Waals surface area contributed by atoms with Crippen molar-refractivity contribution < 1.29 is 22.2 Å². The number of benzene rings is 2. The molecule has 0 atom stereocenters. The molecule has 0 saturated heterocycles. The highest BCUT2D eigenvalue weighted by Crippen LogP contribution is 2.29. The zero-order valence-electron chi connectivity index (χ0n) is 18.7. The Morgan fingerprint density at radius 3 is 2.40 bits per heavy atom. The van der Waals surface area contributed by atoms with Crippen LogP contribution in [-0.2, 0) is 10.0 Å². The van der Waals surface area contributed by atoms with Gasteiger partial charge in [0.25, 0.3) is 5.91 Å². The number of para-hydroxylation sites is 1. The number of pyridine rings is 1. The Hall–Kier alpha value is -4.44. The molecule has 0 radical (unpaired) electrons. The van der Waals surface area contributed by atoms with Crippen molar-refractivity contribution in [1.29, 1.82) is 0 Å². The van der Waals surface area contributed by atoms with Crippen LogP contribution in [0.25, 0.3) is 27.1 Å². The Morgan fingerprint density at radius 1 is 0.943 bits per heavy atom. The normalized spacial score (nSPS) is 11.5. The first-order chi connectivity index (χ1) is 16.8. The number of amides is 1. The summed E-state index contributed by atoms with van der Waals surface area (Å²) in [5.74, 6) is 1.34. The predicted molar refractivity (Wildman–Crippen MR) is 130 cm³/mol. The summed E-state index contributed by atoms with van der Waals surface area (Å²) in [6, 6.07) is 19.8. The molecule has 0 aliphatic carbocycles. The van der Waals surface area contributed by atoms with Crippen LogP contribution in [0, 0.1) is 13.8 Å². The third-order valence-electron chi connectivity index (χ3n) is 5.19. The second kappa shape index (κ2) is 8.73. The van der Waals surface area contributed by atoms with Crippen molar-refractivity contribution in [3.05, 3.63) is 94.6 Å². The summed E-state index contributed by atoms with van der Waals surface area (Å²) in [6.45, 7) is 3.47. The van der Waals surface area contributed by atoms with E-state index in [9.17, 15) is 13.2 Å². The number of hydrogen-bond donors (Lipinski definition) is 1. The maximum Gasteiger partial charge on any atom is 0.256 e. The quantitative estimate of drug-likeness (QED) is 0.323. The van der Waals surface area contributed by atoms with Crippen molar-refractivity contribution in [2.75, 3.05) is 5.32 Å². The number of aryl methyl sites for hydroxylation is 2. The molecular formula is C25H19N4O5S-. The van der Waals surface area contributed by atoms with Gasteiger partial charge in [0.05, 0.1) is 16.0 Å². The zero-order chi connectivity index (χ0) is 24.6. The number of fused-ring (bicyclic) bond motifs is 1. The second-order valence-electron chi connectivity index (χ2n) is 7.82. The lowest BCUT2D eigenvalue weighted by Crippen LogP contribution is -2.13. The van der Waals surface area contributed by atoms with E-state index in [1.807, 2.05) is 37.3 Å². The minimum absolute atomic E-state index is 0.0352. The number of furan rings is 1. The molecular weight excluding hydrogens is 468 g/mol. The average Bonchev–Trinajstić information content (AvgIpc) is 3.46. The first-order valence-corrected chi connectivity index (χ1v) is 12.0. The molecule has 0 unspecified atom stereocenters. The van der Waals surface area contributed by atoms with Crippen LogP contribution in [0.5, 0.6) is 0 Å². The molecule has 35 heavy (non-hydrogen) atoms. The molecule has 9 nitrogen and oxygen atoms in total. The van der Waals surface area contributed by atoms with E-state index in [4.69, 9.17) is 8.94 Å². The Morgan fingerprint density at radius 2 is 1.71 bits per heavy atom. The molecule has 0 aliphatic heterocycles. The molecule has 1 amide bonds. The van der Waals surface area contributed by atoms with E-state index in [1.54, 1.807) is 19.1 Å². The van der Waals surface area contributed by atoms with Crippen LogP contribution in [-0.4, -0.2) is 24.5 Å². The Labute approximate surface area is 200 Å². The van der Waals surface area contributed by atoms with Gasteiger partial charge in [0.15, 0.2) is 5.76 Å². The van der Waals surface area contributed by atoms with Crippen molar-refractivity contribution in [3.8, 4) is 11.5 Å². The number of rotatable bonds is 6. The van der Waals surface area contributed by atoms with Crippen LogP contribution < -0.4 is 5.32 Å². The van der Waals surface area contributed by atoms with Crippen molar-refractivity contribution >= 4 is 38.3 Å². The van der Waals surface area contributed by atoms with Crippen molar-refractivity contribution in [2.45, 2.75) is 18.7 Å². The minimum atomic E-state index is -3.99. The maximum atomic E-state index is 13.2. The molecule has 2 aromatic carbocycles. The van der Waals surface area contributed by atoms with Crippen molar-refractivity contribution in [3.63, 3.8) is 0 Å².